The van der Waals surface area contributed by atoms with E-state index in [-0.39, 0.29) is 12.3 Å². The molecule has 0 amide bonds. The molecule has 8 N–H and O–H groups in total. The minimum absolute atomic E-state index is 0. The highest BCUT2D eigenvalue weighted by atomic mass is 32.1. The molecule has 0 aliphatic carbocycles. The maximum atomic E-state index is 10.00. The van der Waals surface area contributed by atoms with Crippen LogP contribution in [0.3, 0.4) is 0 Å². The first-order valence-corrected chi connectivity index (χ1v) is 2.61. The summed E-state index contributed by atoms with van der Waals surface area (Å²) < 4.78 is 0. The Hall–Kier alpha value is -0.630. The number of carboxylic acid groups (broad SMARTS) is 1. The maximum absolute atomic E-state index is 10.00. The summed E-state index contributed by atoms with van der Waals surface area (Å²) in [6.45, 7) is 0. The van der Waals surface area contributed by atoms with E-state index in [0.29, 0.717) is 0 Å². The molecule has 6 nitrogen and oxygen atoms in total. The number of hydrogen-bond donors (Lipinski definition) is 5. The zero-order valence-corrected chi connectivity index (χ0v) is 6.75. The summed E-state index contributed by atoms with van der Waals surface area (Å²) in [4.78, 5) is 19.8. The number of hydrogen-bond acceptors (Lipinski definition) is 5. The predicted octanol–water partition coefficient (Wildman–Crippen LogP) is -0.398. The highest BCUT2D eigenvalue weighted by Crippen LogP contribution is 1.94. The van der Waals surface area contributed by atoms with Gasteiger partial charge in [0.15, 0.2) is 11.2 Å². The summed E-state index contributed by atoms with van der Waals surface area (Å²) in [5, 5.41) is 15.8. The minimum Gasteiger partial charge on any atom is -0.479 e. The second kappa shape index (κ2) is 7.48. The highest BCUT2D eigenvalue weighted by Gasteiger charge is 2.14. The van der Waals surface area contributed by atoms with Crippen molar-refractivity contribution >= 4 is 23.7 Å². The lowest BCUT2D eigenvalue weighted by molar-refractivity contribution is -0.148. The van der Waals surface area contributed by atoms with Gasteiger partial charge in [-0.1, -0.05) is 0 Å². The zero-order valence-electron chi connectivity index (χ0n) is 5.86. The van der Waals surface area contributed by atoms with Crippen molar-refractivity contribution < 1.29 is 19.8 Å². The Labute approximate surface area is 69.2 Å². The third kappa shape index (κ3) is 9.37. The first kappa shape index (κ1) is 16.8. The van der Waals surface area contributed by atoms with E-state index in [2.05, 4.69) is 12.6 Å². The molecule has 0 aliphatic heterocycles. The summed E-state index contributed by atoms with van der Waals surface area (Å²) in [5.74, 6) is -1.41. The smallest absolute Gasteiger partial charge is 0.333 e. The van der Waals surface area contributed by atoms with Crippen LogP contribution in [-0.2, 0) is 9.59 Å². The predicted molar refractivity (Wildman–Crippen MR) is 42.3 cm³/mol. The third-order valence-corrected chi connectivity index (χ3v) is 0.836. The van der Waals surface area contributed by atoms with Crippen molar-refractivity contribution in [3.05, 3.63) is 0 Å². The Morgan fingerprint density at radius 2 is 1.73 bits per heavy atom. The molecular formula is C4H12N2O4S. The van der Waals surface area contributed by atoms with Crippen molar-refractivity contribution in [2.75, 3.05) is 0 Å². The van der Waals surface area contributed by atoms with Crippen LogP contribution in [-0.4, -0.2) is 27.4 Å². The van der Waals surface area contributed by atoms with E-state index < -0.39 is 23.6 Å². The van der Waals surface area contributed by atoms with Gasteiger partial charge >= 0.3 is 5.97 Å². The Balaban J connectivity index is -0.000000320. The SMILES string of the molecule is N.N.O=C(S)CC(O)C(=O)O. The Kier molecular flexibility index (Phi) is 11.4. The molecule has 0 spiro atoms. The van der Waals surface area contributed by atoms with Crippen molar-refractivity contribution in [1.29, 1.82) is 0 Å². The molecule has 0 saturated carbocycles. The lowest BCUT2D eigenvalue weighted by atomic mass is 10.3. The average molecular weight is 184 g/mol. The van der Waals surface area contributed by atoms with Crippen LogP contribution in [0, 0.1) is 0 Å². The third-order valence-electron chi connectivity index (χ3n) is 0.653. The fourth-order valence-corrected chi connectivity index (χ4v) is 0.426. The van der Waals surface area contributed by atoms with E-state index in [9.17, 15) is 9.59 Å². The van der Waals surface area contributed by atoms with Crippen LogP contribution >= 0.6 is 12.6 Å². The standard InChI is InChI=1S/C4H6O4S.2H3N/c5-2(4(7)8)1-3(6)9;;/h2,5H,1H2,(H,6,9)(H,7,8);2*1H3. The molecule has 0 bridgehead atoms. The second-order valence-corrected chi connectivity index (χ2v) is 1.95. The maximum Gasteiger partial charge on any atom is 0.333 e. The first-order chi connectivity index (χ1) is 4.04. The van der Waals surface area contributed by atoms with E-state index in [4.69, 9.17) is 10.2 Å². The van der Waals surface area contributed by atoms with Gasteiger partial charge in [0.1, 0.15) is 0 Å². The Bertz CT molecular complexity index is 140. The van der Waals surface area contributed by atoms with Gasteiger partial charge in [-0.3, -0.25) is 4.79 Å². The van der Waals surface area contributed by atoms with Gasteiger partial charge < -0.3 is 22.5 Å². The van der Waals surface area contributed by atoms with Crippen LogP contribution in [0.5, 0.6) is 0 Å². The molecule has 0 aromatic rings. The lowest BCUT2D eigenvalue weighted by Gasteiger charge is -1.98. The molecule has 11 heavy (non-hydrogen) atoms. The Morgan fingerprint density at radius 3 is 1.82 bits per heavy atom. The van der Waals surface area contributed by atoms with Crippen molar-refractivity contribution in [2.24, 2.45) is 0 Å². The molecular weight excluding hydrogens is 172 g/mol. The number of carbonyl (C=O) groups is 2. The summed E-state index contributed by atoms with van der Waals surface area (Å²) in [7, 11) is 0. The largest absolute Gasteiger partial charge is 0.479 e. The molecule has 0 aromatic heterocycles. The first-order valence-electron chi connectivity index (χ1n) is 2.16. The molecule has 7 heteroatoms. The monoisotopic (exact) mass is 184 g/mol. The fourth-order valence-electron chi connectivity index (χ4n) is 0.253. The molecule has 68 valence electrons. The van der Waals surface area contributed by atoms with Crippen molar-refractivity contribution in [1.82, 2.24) is 12.3 Å². The molecule has 1 atom stereocenters. The summed E-state index contributed by atoms with van der Waals surface area (Å²) in [6, 6.07) is 0. The number of aliphatic carboxylic acids is 1. The fraction of sp³-hybridized carbons (Fsp3) is 0.500. The number of rotatable bonds is 3. The van der Waals surface area contributed by atoms with Gasteiger partial charge in [-0.15, -0.1) is 12.6 Å². The minimum atomic E-state index is -1.62. The van der Waals surface area contributed by atoms with Crippen LogP contribution in [0.15, 0.2) is 0 Å². The molecule has 0 aromatic carbocycles. The average Bonchev–Trinajstić information content (AvgIpc) is 1.63. The van der Waals surface area contributed by atoms with E-state index >= 15 is 0 Å². The molecule has 0 heterocycles. The molecule has 1 unspecified atom stereocenters. The second-order valence-electron chi connectivity index (χ2n) is 1.45. The lowest BCUT2D eigenvalue weighted by Crippen LogP contribution is -2.21. The molecule has 0 saturated heterocycles. The number of carbonyl (C=O) groups excluding carboxylic acids is 1. The van der Waals surface area contributed by atoms with Gasteiger partial charge in [0, 0.05) is 0 Å². The number of carboxylic acids is 1. The van der Waals surface area contributed by atoms with Crippen molar-refractivity contribution in [3.8, 4) is 0 Å². The quantitative estimate of drug-likeness (QED) is 0.377. The normalized spacial score (nSPS) is 10.4. The topological polar surface area (TPSA) is 145 Å². The van der Waals surface area contributed by atoms with E-state index in [1.807, 2.05) is 0 Å². The van der Waals surface area contributed by atoms with Crippen molar-refractivity contribution in [3.63, 3.8) is 0 Å². The van der Waals surface area contributed by atoms with E-state index in [1.165, 1.54) is 0 Å². The van der Waals surface area contributed by atoms with Gasteiger partial charge in [0.05, 0.1) is 6.42 Å². The van der Waals surface area contributed by atoms with Gasteiger partial charge in [0.2, 0.25) is 0 Å². The van der Waals surface area contributed by atoms with Crippen LogP contribution < -0.4 is 12.3 Å². The van der Waals surface area contributed by atoms with Gasteiger partial charge in [-0.25, -0.2) is 4.79 Å². The van der Waals surface area contributed by atoms with E-state index in [0.717, 1.165) is 0 Å². The highest BCUT2D eigenvalue weighted by molar-refractivity contribution is 7.96. The number of aliphatic hydroxyl groups excluding tert-OH is 1. The van der Waals surface area contributed by atoms with Crippen molar-refractivity contribution in [2.45, 2.75) is 12.5 Å². The number of thiol groups is 1. The summed E-state index contributed by atoms with van der Waals surface area (Å²) >= 11 is 3.27. The van der Waals surface area contributed by atoms with Gasteiger partial charge in [-0.05, 0) is 0 Å². The molecule has 0 radical (unpaired) electrons. The molecule has 0 aliphatic rings. The molecule has 0 fully saturated rings. The molecule has 0 rings (SSSR count). The van der Waals surface area contributed by atoms with Gasteiger partial charge in [-0.2, -0.15) is 0 Å². The summed E-state index contributed by atoms with van der Waals surface area (Å²) in [5.41, 5.74) is 0. The number of aliphatic hydroxyl groups is 1. The zero-order chi connectivity index (χ0) is 7.44. The van der Waals surface area contributed by atoms with Gasteiger partial charge in [0.25, 0.3) is 0 Å². The Morgan fingerprint density at radius 1 is 1.36 bits per heavy atom. The van der Waals surface area contributed by atoms with Crippen LogP contribution in [0.2, 0.25) is 0 Å². The van der Waals surface area contributed by atoms with Crippen LogP contribution in [0.4, 0.5) is 0 Å². The van der Waals surface area contributed by atoms with Crippen LogP contribution in [0.1, 0.15) is 6.42 Å². The van der Waals surface area contributed by atoms with E-state index in [1.54, 1.807) is 0 Å². The summed E-state index contributed by atoms with van der Waals surface area (Å²) in [6.07, 6.45) is -2.06. The van der Waals surface area contributed by atoms with Crippen LogP contribution in [0.25, 0.3) is 0 Å².